The smallest absolute Gasteiger partial charge is 0.261 e. The van der Waals surface area contributed by atoms with Crippen LogP contribution in [0.3, 0.4) is 0 Å². The molecule has 3 nitrogen and oxygen atoms in total. The molecular weight excluding hydrogens is 293 g/mol. The van der Waals surface area contributed by atoms with Crippen LogP contribution < -0.4 is 10.1 Å². The molecule has 0 aliphatic carbocycles. The molecule has 0 radical (unpaired) electrons. The highest BCUT2D eigenvalue weighted by Gasteiger charge is 2.18. The summed E-state index contributed by atoms with van der Waals surface area (Å²) in [6.45, 7) is 5.63. The molecule has 122 valence electrons. The molecule has 0 saturated carbocycles. The first-order valence-corrected chi connectivity index (χ1v) is 7.81. The van der Waals surface area contributed by atoms with Gasteiger partial charge in [0.05, 0.1) is 6.04 Å². The number of nitrogens with one attached hydrogen (secondary N) is 1. The minimum atomic E-state index is -0.606. The monoisotopic (exact) mass is 315 g/mol. The summed E-state index contributed by atoms with van der Waals surface area (Å²) in [6, 6.07) is 13.6. The molecule has 1 amide bonds. The van der Waals surface area contributed by atoms with Crippen molar-refractivity contribution in [1.82, 2.24) is 5.32 Å². The van der Waals surface area contributed by atoms with Gasteiger partial charge in [0.1, 0.15) is 11.6 Å². The molecule has 4 heteroatoms. The Bertz CT molecular complexity index is 655. The van der Waals surface area contributed by atoms with E-state index in [1.165, 1.54) is 12.1 Å². The summed E-state index contributed by atoms with van der Waals surface area (Å²) in [4.78, 5) is 12.3. The summed E-state index contributed by atoms with van der Waals surface area (Å²) in [5.74, 6) is 0.236. The zero-order chi connectivity index (χ0) is 16.8. The van der Waals surface area contributed by atoms with Gasteiger partial charge < -0.3 is 10.1 Å². The average molecular weight is 315 g/mol. The van der Waals surface area contributed by atoms with Crippen molar-refractivity contribution >= 4 is 5.91 Å². The second kappa shape index (κ2) is 7.77. The van der Waals surface area contributed by atoms with Crippen LogP contribution in [0.5, 0.6) is 5.75 Å². The lowest BCUT2D eigenvalue weighted by Crippen LogP contribution is -2.37. The van der Waals surface area contributed by atoms with Crippen LogP contribution in [0.2, 0.25) is 0 Å². The average Bonchev–Trinajstić information content (AvgIpc) is 2.55. The standard InChI is InChI=1S/C19H22FNO2/c1-4-15-7-5-6-8-18(15)23-14(3)19(22)21-13(2)16-9-11-17(20)12-10-16/h5-14H,4H2,1-3H3,(H,21,22)/t13-,14-/m0/s1. The number of benzene rings is 2. The second-order valence-corrected chi connectivity index (χ2v) is 5.50. The number of amides is 1. The van der Waals surface area contributed by atoms with E-state index < -0.39 is 6.10 Å². The number of rotatable bonds is 6. The van der Waals surface area contributed by atoms with Gasteiger partial charge in [-0.1, -0.05) is 37.3 Å². The third kappa shape index (κ3) is 4.55. The van der Waals surface area contributed by atoms with Gasteiger partial charge in [-0.3, -0.25) is 4.79 Å². The maximum absolute atomic E-state index is 12.9. The molecule has 0 aliphatic rings. The number of carbonyl (C=O) groups is 1. The molecule has 0 aliphatic heterocycles. The molecule has 0 saturated heterocycles. The summed E-state index contributed by atoms with van der Waals surface area (Å²) >= 11 is 0. The van der Waals surface area contributed by atoms with Gasteiger partial charge in [-0.25, -0.2) is 4.39 Å². The Balaban J connectivity index is 1.98. The van der Waals surface area contributed by atoms with E-state index in [1.54, 1.807) is 19.1 Å². The zero-order valence-electron chi connectivity index (χ0n) is 13.7. The molecule has 0 heterocycles. The molecule has 2 rings (SSSR count). The van der Waals surface area contributed by atoms with Gasteiger partial charge in [0, 0.05) is 0 Å². The third-order valence-electron chi connectivity index (χ3n) is 3.76. The Hall–Kier alpha value is -2.36. The normalized spacial score (nSPS) is 13.2. The van der Waals surface area contributed by atoms with Crippen molar-refractivity contribution in [3.63, 3.8) is 0 Å². The van der Waals surface area contributed by atoms with Crippen LogP contribution in [0.1, 0.15) is 37.9 Å². The van der Waals surface area contributed by atoms with E-state index in [0.29, 0.717) is 0 Å². The first-order valence-electron chi connectivity index (χ1n) is 7.81. The predicted octanol–water partition coefficient (Wildman–Crippen LogP) is 4.03. The van der Waals surface area contributed by atoms with Crippen LogP contribution in [-0.4, -0.2) is 12.0 Å². The number of para-hydroxylation sites is 1. The number of hydrogen-bond donors (Lipinski definition) is 1. The van der Waals surface area contributed by atoms with E-state index in [1.807, 2.05) is 38.1 Å². The van der Waals surface area contributed by atoms with E-state index >= 15 is 0 Å². The molecule has 2 aromatic rings. The van der Waals surface area contributed by atoms with Gasteiger partial charge in [0.2, 0.25) is 0 Å². The van der Waals surface area contributed by atoms with E-state index in [0.717, 1.165) is 23.3 Å². The fourth-order valence-corrected chi connectivity index (χ4v) is 2.32. The number of hydrogen-bond acceptors (Lipinski definition) is 2. The Kier molecular flexibility index (Phi) is 5.74. The first-order chi connectivity index (χ1) is 11.0. The van der Waals surface area contributed by atoms with Gasteiger partial charge in [-0.15, -0.1) is 0 Å². The summed E-state index contributed by atoms with van der Waals surface area (Å²) in [5.41, 5.74) is 1.92. The highest BCUT2D eigenvalue weighted by molar-refractivity contribution is 5.81. The molecular formula is C19H22FNO2. The lowest BCUT2D eigenvalue weighted by Gasteiger charge is -2.20. The zero-order valence-corrected chi connectivity index (χ0v) is 13.7. The first kappa shape index (κ1) is 17.0. The van der Waals surface area contributed by atoms with Crippen molar-refractivity contribution < 1.29 is 13.9 Å². The van der Waals surface area contributed by atoms with Crippen molar-refractivity contribution in [2.24, 2.45) is 0 Å². The Labute approximate surface area is 136 Å². The van der Waals surface area contributed by atoms with Gasteiger partial charge >= 0.3 is 0 Å². The highest BCUT2D eigenvalue weighted by Crippen LogP contribution is 2.20. The van der Waals surface area contributed by atoms with Gasteiger partial charge in [-0.05, 0) is 49.6 Å². The number of halogens is 1. The van der Waals surface area contributed by atoms with Crippen LogP contribution in [0.4, 0.5) is 4.39 Å². The van der Waals surface area contributed by atoms with Gasteiger partial charge in [-0.2, -0.15) is 0 Å². The quantitative estimate of drug-likeness (QED) is 0.874. The molecule has 0 aromatic heterocycles. The SMILES string of the molecule is CCc1ccccc1O[C@@H](C)C(=O)N[C@@H](C)c1ccc(F)cc1. The second-order valence-electron chi connectivity index (χ2n) is 5.50. The summed E-state index contributed by atoms with van der Waals surface area (Å²) < 4.78 is 18.7. The molecule has 2 atom stereocenters. The lowest BCUT2D eigenvalue weighted by molar-refractivity contribution is -0.127. The van der Waals surface area contributed by atoms with Gasteiger partial charge in [0.25, 0.3) is 5.91 Å². The third-order valence-corrected chi connectivity index (χ3v) is 3.76. The van der Waals surface area contributed by atoms with Gasteiger partial charge in [0.15, 0.2) is 6.10 Å². The number of ether oxygens (including phenoxy) is 1. The van der Waals surface area contributed by atoms with Crippen molar-refractivity contribution in [3.05, 3.63) is 65.5 Å². The Morgan fingerprint density at radius 3 is 2.43 bits per heavy atom. The molecule has 0 bridgehead atoms. The highest BCUT2D eigenvalue weighted by atomic mass is 19.1. The van der Waals surface area contributed by atoms with E-state index in [9.17, 15) is 9.18 Å². The van der Waals surface area contributed by atoms with Crippen LogP contribution in [0.25, 0.3) is 0 Å². The van der Waals surface area contributed by atoms with Crippen LogP contribution in [0, 0.1) is 5.82 Å². The van der Waals surface area contributed by atoms with Crippen LogP contribution in [-0.2, 0) is 11.2 Å². The molecule has 1 N–H and O–H groups in total. The van der Waals surface area contributed by atoms with Crippen molar-refractivity contribution in [1.29, 1.82) is 0 Å². The van der Waals surface area contributed by atoms with Crippen LogP contribution >= 0.6 is 0 Å². The van der Waals surface area contributed by atoms with Crippen molar-refractivity contribution in [2.75, 3.05) is 0 Å². The van der Waals surface area contributed by atoms with Crippen LogP contribution in [0.15, 0.2) is 48.5 Å². The minimum absolute atomic E-state index is 0.201. The summed E-state index contributed by atoms with van der Waals surface area (Å²) in [6.07, 6.45) is 0.238. The Morgan fingerprint density at radius 1 is 1.13 bits per heavy atom. The molecule has 2 aromatic carbocycles. The van der Waals surface area contributed by atoms with E-state index in [2.05, 4.69) is 5.32 Å². The fraction of sp³-hybridized carbons (Fsp3) is 0.316. The maximum Gasteiger partial charge on any atom is 0.261 e. The summed E-state index contributed by atoms with van der Waals surface area (Å²) in [7, 11) is 0. The minimum Gasteiger partial charge on any atom is -0.481 e. The molecule has 23 heavy (non-hydrogen) atoms. The fourth-order valence-electron chi connectivity index (χ4n) is 2.32. The largest absolute Gasteiger partial charge is 0.481 e. The number of aryl methyl sites for hydroxylation is 1. The predicted molar refractivity (Wildman–Crippen MR) is 88.9 cm³/mol. The summed E-state index contributed by atoms with van der Waals surface area (Å²) in [5, 5.41) is 2.89. The number of carbonyl (C=O) groups excluding carboxylic acids is 1. The van der Waals surface area contributed by atoms with Crippen molar-refractivity contribution in [3.8, 4) is 5.75 Å². The molecule has 0 unspecified atom stereocenters. The maximum atomic E-state index is 12.9. The van der Waals surface area contributed by atoms with E-state index in [4.69, 9.17) is 4.74 Å². The lowest BCUT2D eigenvalue weighted by atomic mass is 10.1. The Morgan fingerprint density at radius 2 is 1.78 bits per heavy atom. The van der Waals surface area contributed by atoms with Crippen molar-refractivity contribution in [2.45, 2.75) is 39.3 Å². The van der Waals surface area contributed by atoms with E-state index in [-0.39, 0.29) is 17.8 Å². The topological polar surface area (TPSA) is 38.3 Å². The molecule has 0 fully saturated rings. The molecule has 0 spiro atoms.